The monoisotopic (exact) mass is 325 g/mol. The van der Waals surface area contributed by atoms with Crippen molar-refractivity contribution >= 4 is 34.9 Å². The average Bonchev–Trinajstić information content (AvgIpc) is 2.84. The van der Waals surface area contributed by atoms with Crippen LogP contribution in [0.15, 0.2) is 48.7 Å². The second kappa shape index (κ2) is 6.26. The number of pyridine rings is 1. The van der Waals surface area contributed by atoms with Crippen LogP contribution in [0.4, 0.5) is 5.69 Å². The van der Waals surface area contributed by atoms with Crippen molar-refractivity contribution in [2.45, 2.75) is 13.8 Å². The van der Waals surface area contributed by atoms with Crippen molar-refractivity contribution in [3.63, 3.8) is 0 Å². The van der Waals surface area contributed by atoms with Crippen molar-refractivity contribution in [1.82, 2.24) is 9.38 Å². The molecule has 0 aliphatic rings. The van der Waals surface area contributed by atoms with Gasteiger partial charge in [-0.3, -0.25) is 9.20 Å². The molecule has 23 heavy (non-hydrogen) atoms. The first-order chi connectivity index (χ1) is 11.0. The van der Waals surface area contributed by atoms with E-state index in [2.05, 4.69) is 10.3 Å². The number of anilines is 1. The molecule has 1 amide bonds. The number of fused-ring (bicyclic) bond motifs is 1. The number of nitrogens with one attached hydrogen (secondary N) is 1. The number of aromatic nitrogens is 2. The third-order valence-electron chi connectivity index (χ3n) is 3.69. The van der Waals surface area contributed by atoms with Gasteiger partial charge < -0.3 is 5.32 Å². The Balaban J connectivity index is 1.80. The van der Waals surface area contributed by atoms with Crippen molar-refractivity contribution in [3.05, 3.63) is 70.6 Å². The lowest BCUT2D eigenvalue weighted by Gasteiger charge is -2.05. The third kappa shape index (κ3) is 3.27. The average molecular weight is 326 g/mol. The van der Waals surface area contributed by atoms with Crippen molar-refractivity contribution in [1.29, 1.82) is 0 Å². The molecule has 0 fully saturated rings. The topological polar surface area (TPSA) is 46.4 Å². The minimum absolute atomic E-state index is 0.213. The summed E-state index contributed by atoms with van der Waals surface area (Å²) in [6, 6.07) is 11.4. The standard InChI is InChI=1S/C18H16ClN3O/c1-12-6-7-14(11-13(12)2)20-17(23)9-8-15-18(19)21-16-5-3-4-10-22(15)16/h3-11H,1-2H3,(H,20,23). The van der Waals surface area contributed by atoms with Crippen LogP contribution in [0.5, 0.6) is 0 Å². The van der Waals surface area contributed by atoms with E-state index in [0.717, 1.165) is 16.9 Å². The molecule has 0 bridgehead atoms. The predicted molar refractivity (Wildman–Crippen MR) is 93.8 cm³/mol. The minimum Gasteiger partial charge on any atom is -0.323 e. The summed E-state index contributed by atoms with van der Waals surface area (Å²) in [7, 11) is 0. The quantitative estimate of drug-likeness (QED) is 0.731. The zero-order valence-corrected chi connectivity index (χ0v) is 13.6. The molecular weight excluding hydrogens is 310 g/mol. The first kappa shape index (κ1) is 15.3. The molecule has 116 valence electrons. The van der Waals surface area contributed by atoms with Crippen LogP contribution in [0.25, 0.3) is 11.7 Å². The van der Waals surface area contributed by atoms with E-state index >= 15 is 0 Å². The maximum absolute atomic E-state index is 12.1. The Bertz CT molecular complexity index is 912. The maximum Gasteiger partial charge on any atom is 0.248 e. The largest absolute Gasteiger partial charge is 0.323 e. The van der Waals surface area contributed by atoms with Gasteiger partial charge in [0.25, 0.3) is 0 Å². The van der Waals surface area contributed by atoms with Gasteiger partial charge in [-0.2, -0.15) is 0 Å². The van der Waals surface area contributed by atoms with Gasteiger partial charge in [-0.15, -0.1) is 0 Å². The van der Waals surface area contributed by atoms with Crippen molar-refractivity contribution < 1.29 is 4.79 Å². The minimum atomic E-state index is -0.213. The number of hydrogen-bond acceptors (Lipinski definition) is 2. The molecule has 2 aromatic heterocycles. The van der Waals surface area contributed by atoms with Gasteiger partial charge in [0.15, 0.2) is 5.15 Å². The lowest BCUT2D eigenvalue weighted by molar-refractivity contribution is -0.111. The molecule has 0 atom stereocenters. The molecule has 1 aromatic carbocycles. The molecule has 3 rings (SSSR count). The smallest absolute Gasteiger partial charge is 0.248 e. The number of hydrogen-bond donors (Lipinski definition) is 1. The number of carbonyl (C=O) groups excluding carboxylic acids is 1. The lowest BCUT2D eigenvalue weighted by atomic mass is 10.1. The van der Waals surface area contributed by atoms with Crippen LogP contribution in [0.3, 0.4) is 0 Å². The Morgan fingerprint density at radius 2 is 2.04 bits per heavy atom. The van der Waals surface area contributed by atoms with Gasteiger partial charge in [0, 0.05) is 18.0 Å². The van der Waals surface area contributed by atoms with E-state index < -0.39 is 0 Å². The summed E-state index contributed by atoms with van der Waals surface area (Å²) in [5.41, 5.74) is 4.52. The van der Waals surface area contributed by atoms with Gasteiger partial charge in [0.05, 0.1) is 5.69 Å². The number of halogens is 1. The van der Waals surface area contributed by atoms with Gasteiger partial charge in [0.2, 0.25) is 5.91 Å². The first-order valence-corrected chi connectivity index (χ1v) is 7.61. The van der Waals surface area contributed by atoms with Crippen LogP contribution in [-0.2, 0) is 4.79 Å². The Morgan fingerprint density at radius 3 is 2.83 bits per heavy atom. The van der Waals surface area contributed by atoms with E-state index in [-0.39, 0.29) is 5.91 Å². The van der Waals surface area contributed by atoms with Crippen LogP contribution < -0.4 is 5.32 Å². The number of amides is 1. The number of imidazole rings is 1. The summed E-state index contributed by atoms with van der Waals surface area (Å²) in [6.07, 6.45) is 4.98. The molecule has 3 aromatic rings. The summed E-state index contributed by atoms with van der Waals surface area (Å²) >= 11 is 6.13. The Kier molecular flexibility index (Phi) is 4.17. The van der Waals surface area contributed by atoms with Gasteiger partial charge in [-0.25, -0.2) is 4.98 Å². The first-order valence-electron chi connectivity index (χ1n) is 7.23. The highest BCUT2D eigenvalue weighted by atomic mass is 35.5. The number of benzene rings is 1. The van der Waals surface area contributed by atoms with Crippen molar-refractivity contribution in [2.24, 2.45) is 0 Å². The molecular formula is C18H16ClN3O. The molecule has 0 radical (unpaired) electrons. The summed E-state index contributed by atoms with van der Waals surface area (Å²) < 4.78 is 1.84. The summed E-state index contributed by atoms with van der Waals surface area (Å²) in [5.74, 6) is -0.213. The fourth-order valence-electron chi connectivity index (χ4n) is 2.29. The molecule has 0 saturated heterocycles. The van der Waals surface area contributed by atoms with Crippen molar-refractivity contribution in [3.8, 4) is 0 Å². The van der Waals surface area contributed by atoms with Gasteiger partial charge in [-0.1, -0.05) is 23.7 Å². The molecule has 0 aliphatic heterocycles. The lowest BCUT2D eigenvalue weighted by Crippen LogP contribution is -2.08. The van der Waals surface area contributed by atoms with E-state index in [1.165, 1.54) is 11.6 Å². The Hall–Kier alpha value is -2.59. The highest BCUT2D eigenvalue weighted by Crippen LogP contribution is 2.19. The van der Waals surface area contributed by atoms with Crippen molar-refractivity contribution in [2.75, 3.05) is 5.32 Å². The molecule has 5 heteroatoms. The normalized spacial score (nSPS) is 11.3. The molecule has 0 aliphatic carbocycles. The summed E-state index contributed by atoms with van der Waals surface area (Å²) in [4.78, 5) is 16.3. The number of rotatable bonds is 3. The van der Waals surface area contributed by atoms with Gasteiger partial charge >= 0.3 is 0 Å². The molecule has 0 unspecified atom stereocenters. The highest BCUT2D eigenvalue weighted by molar-refractivity contribution is 6.31. The van der Waals surface area contributed by atoms with E-state index in [1.807, 2.05) is 60.8 Å². The fourth-order valence-corrected chi connectivity index (χ4v) is 2.53. The van der Waals surface area contributed by atoms with Gasteiger partial charge in [0.1, 0.15) is 5.65 Å². The van der Waals surface area contributed by atoms with Gasteiger partial charge in [-0.05, 0) is 55.3 Å². The highest BCUT2D eigenvalue weighted by Gasteiger charge is 2.07. The third-order valence-corrected chi connectivity index (χ3v) is 3.97. The SMILES string of the molecule is Cc1ccc(NC(=O)C=Cc2c(Cl)nc3ccccn23)cc1C. The zero-order chi connectivity index (χ0) is 16.4. The van der Waals surface area contributed by atoms with E-state index in [4.69, 9.17) is 11.6 Å². The van der Waals surface area contributed by atoms with Crippen LogP contribution in [0.1, 0.15) is 16.8 Å². The second-order valence-corrected chi connectivity index (χ2v) is 5.70. The molecule has 4 nitrogen and oxygen atoms in total. The second-order valence-electron chi connectivity index (χ2n) is 5.34. The van der Waals surface area contributed by atoms with E-state index in [1.54, 1.807) is 6.08 Å². The number of aryl methyl sites for hydroxylation is 2. The van der Waals surface area contributed by atoms with Crippen LogP contribution in [0.2, 0.25) is 5.15 Å². The maximum atomic E-state index is 12.1. The summed E-state index contributed by atoms with van der Waals surface area (Å²) in [6.45, 7) is 4.05. The Labute approximate surface area is 139 Å². The number of carbonyl (C=O) groups is 1. The van der Waals surface area contributed by atoms with E-state index in [9.17, 15) is 4.79 Å². The Morgan fingerprint density at radius 1 is 1.22 bits per heavy atom. The molecule has 0 spiro atoms. The van der Waals surface area contributed by atoms with E-state index in [0.29, 0.717) is 10.8 Å². The van der Waals surface area contributed by atoms with Crippen LogP contribution in [-0.4, -0.2) is 15.3 Å². The van der Waals surface area contributed by atoms with Crippen LogP contribution >= 0.6 is 11.6 Å². The molecule has 1 N–H and O–H groups in total. The molecule has 2 heterocycles. The predicted octanol–water partition coefficient (Wildman–Crippen LogP) is 4.26. The number of nitrogens with zero attached hydrogens (tertiary/aromatic N) is 2. The molecule has 0 saturated carbocycles. The fraction of sp³-hybridized carbons (Fsp3) is 0.111. The van der Waals surface area contributed by atoms with Crippen LogP contribution in [0, 0.1) is 13.8 Å². The zero-order valence-electron chi connectivity index (χ0n) is 12.9. The summed E-state index contributed by atoms with van der Waals surface area (Å²) in [5, 5.41) is 3.21.